The zero-order valence-electron chi connectivity index (χ0n) is 9.34. The van der Waals surface area contributed by atoms with Crippen LogP contribution in [0.4, 0.5) is 11.7 Å². The Kier molecular flexibility index (Phi) is 2.92. The normalized spacial score (nSPS) is 10.4. The van der Waals surface area contributed by atoms with E-state index < -0.39 is 0 Å². The summed E-state index contributed by atoms with van der Waals surface area (Å²) < 4.78 is 5.28. The molecule has 0 spiro atoms. The topological polar surface area (TPSA) is 49.5 Å². The molecule has 1 aromatic carbocycles. The molecule has 0 saturated carbocycles. The van der Waals surface area contributed by atoms with Crippen molar-refractivity contribution >= 4 is 11.7 Å². The molecule has 0 saturated heterocycles. The molecule has 1 aromatic heterocycles. The molecule has 0 atom stereocenters. The number of para-hydroxylation sites is 1. The lowest BCUT2D eigenvalue weighted by molar-refractivity contribution is 0.276. The van der Waals surface area contributed by atoms with Crippen LogP contribution in [0.5, 0.6) is 0 Å². The lowest BCUT2D eigenvalue weighted by Gasteiger charge is -2.16. The van der Waals surface area contributed by atoms with E-state index in [9.17, 15) is 0 Å². The maximum atomic E-state index is 8.92. The van der Waals surface area contributed by atoms with E-state index in [1.54, 1.807) is 0 Å². The molecule has 84 valence electrons. The molecule has 4 nitrogen and oxygen atoms in total. The van der Waals surface area contributed by atoms with Gasteiger partial charge in [0, 0.05) is 12.7 Å². The van der Waals surface area contributed by atoms with Crippen molar-refractivity contribution in [3.63, 3.8) is 0 Å². The van der Waals surface area contributed by atoms with E-state index in [-0.39, 0.29) is 6.61 Å². The first-order valence-electron chi connectivity index (χ1n) is 5.07. The molecule has 2 rings (SSSR count). The maximum absolute atomic E-state index is 8.92. The van der Waals surface area contributed by atoms with Crippen molar-refractivity contribution in [2.24, 2.45) is 0 Å². The molecule has 2 aromatic rings. The van der Waals surface area contributed by atoms with E-state index in [0.29, 0.717) is 11.7 Å². The third-order valence-corrected chi connectivity index (χ3v) is 2.47. The summed E-state index contributed by atoms with van der Waals surface area (Å²) in [4.78, 5) is 6.01. The highest BCUT2D eigenvalue weighted by atomic mass is 16.4. The van der Waals surface area contributed by atoms with Gasteiger partial charge in [0.2, 0.25) is 0 Å². The Bertz CT molecular complexity index is 479. The minimum Gasteiger partial charge on any atom is -0.431 e. The summed E-state index contributed by atoms with van der Waals surface area (Å²) in [6.07, 6.45) is 1.46. The first kappa shape index (κ1) is 10.7. The number of aryl methyl sites for hydroxylation is 1. The van der Waals surface area contributed by atoms with E-state index in [1.807, 2.05) is 43.1 Å². The van der Waals surface area contributed by atoms with Crippen molar-refractivity contribution < 1.29 is 9.52 Å². The summed E-state index contributed by atoms with van der Waals surface area (Å²) in [7, 11) is 1.88. The number of nitrogens with zero attached hydrogens (tertiary/aromatic N) is 2. The summed E-state index contributed by atoms with van der Waals surface area (Å²) >= 11 is 0. The lowest BCUT2D eigenvalue weighted by Crippen LogP contribution is -2.11. The van der Waals surface area contributed by atoms with Gasteiger partial charge >= 0.3 is 6.01 Å². The van der Waals surface area contributed by atoms with Gasteiger partial charge in [-0.15, -0.1) is 0 Å². The number of aromatic nitrogens is 1. The molecule has 0 radical (unpaired) electrons. The third-order valence-electron chi connectivity index (χ3n) is 2.47. The zero-order chi connectivity index (χ0) is 11.5. The highest BCUT2D eigenvalue weighted by Gasteiger charge is 2.11. The molecule has 0 aliphatic carbocycles. The summed E-state index contributed by atoms with van der Waals surface area (Å²) in [5.41, 5.74) is 2.72. The van der Waals surface area contributed by atoms with Gasteiger partial charge in [-0.25, -0.2) is 0 Å². The Hall–Kier alpha value is -1.81. The smallest absolute Gasteiger partial charge is 0.301 e. The summed E-state index contributed by atoms with van der Waals surface area (Å²) in [5, 5.41) is 8.92. The highest BCUT2D eigenvalue weighted by Crippen LogP contribution is 2.25. The fourth-order valence-electron chi connectivity index (χ4n) is 1.57. The van der Waals surface area contributed by atoms with Crippen LogP contribution in [-0.2, 0) is 6.61 Å². The number of rotatable bonds is 3. The van der Waals surface area contributed by atoms with Crippen molar-refractivity contribution in [1.29, 1.82) is 0 Å². The molecule has 0 bridgehead atoms. The largest absolute Gasteiger partial charge is 0.431 e. The Morgan fingerprint density at radius 1 is 1.38 bits per heavy atom. The van der Waals surface area contributed by atoms with Crippen LogP contribution in [0.1, 0.15) is 11.3 Å². The summed E-state index contributed by atoms with van der Waals surface area (Å²) in [6.45, 7) is 1.92. The predicted molar refractivity (Wildman–Crippen MR) is 61.7 cm³/mol. The quantitative estimate of drug-likeness (QED) is 0.858. The summed E-state index contributed by atoms with van der Waals surface area (Å²) in [5.74, 6) is 0. The standard InChI is InChI=1S/C12H14N2O2/c1-9-5-3-4-6-11(9)14(2)12-13-10(7-15)8-16-12/h3-6,8,15H,7H2,1-2H3. The first-order valence-corrected chi connectivity index (χ1v) is 5.07. The van der Waals surface area contributed by atoms with Gasteiger partial charge in [-0.05, 0) is 18.6 Å². The van der Waals surface area contributed by atoms with Crippen LogP contribution >= 0.6 is 0 Å². The number of aliphatic hydroxyl groups excluding tert-OH is 1. The number of anilines is 2. The Morgan fingerprint density at radius 2 is 2.12 bits per heavy atom. The van der Waals surface area contributed by atoms with Gasteiger partial charge < -0.3 is 9.52 Å². The second-order valence-electron chi connectivity index (χ2n) is 3.63. The van der Waals surface area contributed by atoms with Gasteiger partial charge in [0.05, 0.1) is 6.61 Å². The van der Waals surface area contributed by atoms with E-state index in [2.05, 4.69) is 4.98 Å². The third kappa shape index (κ3) is 1.92. The summed E-state index contributed by atoms with van der Waals surface area (Å²) in [6, 6.07) is 8.47. The van der Waals surface area contributed by atoms with Crippen LogP contribution in [0.25, 0.3) is 0 Å². The number of hydrogen-bond donors (Lipinski definition) is 1. The number of benzene rings is 1. The molecule has 0 amide bonds. The molecule has 0 unspecified atom stereocenters. The number of oxazole rings is 1. The van der Waals surface area contributed by atoms with E-state index in [1.165, 1.54) is 6.26 Å². The van der Waals surface area contributed by atoms with E-state index in [4.69, 9.17) is 9.52 Å². The van der Waals surface area contributed by atoms with Crippen LogP contribution in [0.15, 0.2) is 34.9 Å². The molecule has 16 heavy (non-hydrogen) atoms. The Morgan fingerprint density at radius 3 is 2.75 bits per heavy atom. The van der Waals surface area contributed by atoms with Gasteiger partial charge in [-0.2, -0.15) is 4.98 Å². The second-order valence-corrected chi connectivity index (χ2v) is 3.63. The van der Waals surface area contributed by atoms with Crippen molar-refractivity contribution in [2.45, 2.75) is 13.5 Å². The monoisotopic (exact) mass is 218 g/mol. The van der Waals surface area contributed by atoms with Gasteiger partial charge in [0.1, 0.15) is 12.0 Å². The van der Waals surface area contributed by atoms with Crippen molar-refractivity contribution in [3.05, 3.63) is 41.8 Å². The second kappa shape index (κ2) is 4.37. The number of aliphatic hydroxyl groups is 1. The van der Waals surface area contributed by atoms with Crippen molar-refractivity contribution in [3.8, 4) is 0 Å². The van der Waals surface area contributed by atoms with Crippen LogP contribution in [0.2, 0.25) is 0 Å². The predicted octanol–water partition coefficient (Wildman–Crippen LogP) is 2.24. The molecule has 0 aliphatic rings. The average Bonchev–Trinajstić information content (AvgIpc) is 2.77. The van der Waals surface area contributed by atoms with Crippen LogP contribution in [0, 0.1) is 6.92 Å². The minimum absolute atomic E-state index is 0.106. The molecule has 1 N–H and O–H groups in total. The van der Waals surface area contributed by atoms with Gasteiger partial charge in [0.15, 0.2) is 0 Å². The van der Waals surface area contributed by atoms with Gasteiger partial charge in [-0.1, -0.05) is 18.2 Å². The molecular formula is C12H14N2O2. The van der Waals surface area contributed by atoms with Crippen LogP contribution in [-0.4, -0.2) is 17.1 Å². The molecular weight excluding hydrogens is 204 g/mol. The van der Waals surface area contributed by atoms with Gasteiger partial charge in [0.25, 0.3) is 0 Å². The zero-order valence-corrected chi connectivity index (χ0v) is 9.34. The Balaban J connectivity index is 2.31. The fourth-order valence-corrected chi connectivity index (χ4v) is 1.57. The molecule has 0 aliphatic heterocycles. The average molecular weight is 218 g/mol. The van der Waals surface area contributed by atoms with Crippen molar-refractivity contribution in [1.82, 2.24) is 4.98 Å². The fraction of sp³-hybridized carbons (Fsp3) is 0.250. The van der Waals surface area contributed by atoms with E-state index in [0.717, 1.165) is 11.3 Å². The molecule has 0 fully saturated rings. The number of hydrogen-bond acceptors (Lipinski definition) is 4. The van der Waals surface area contributed by atoms with Crippen LogP contribution in [0.3, 0.4) is 0 Å². The minimum atomic E-state index is -0.106. The highest BCUT2D eigenvalue weighted by molar-refractivity contribution is 5.59. The molecule has 4 heteroatoms. The van der Waals surface area contributed by atoms with Crippen molar-refractivity contribution in [2.75, 3.05) is 11.9 Å². The maximum Gasteiger partial charge on any atom is 0.301 e. The van der Waals surface area contributed by atoms with E-state index >= 15 is 0 Å². The lowest BCUT2D eigenvalue weighted by atomic mass is 10.2. The first-order chi connectivity index (χ1) is 7.72. The van der Waals surface area contributed by atoms with Gasteiger partial charge in [-0.3, -0.25) is 4.90 Å². The molecule has 1 heterocycles. The van der Waals surface area contributed by atoms with Crippen LogP contribution < -0.4 is 4.90 Å². The Labute approximate surface area is 94.2 Å². The SMILES string of the molecule is Cc1ccccc1N(C)c1nc(CO)co1.